The van der Waals surface area contributed by atoms with Gasteiger partial charge in [0.1, 0.15) is 5.75 Å². The second-order valence-corrected chi connectivity index (χ2v) is 10.00. The van der Waals surface area contributed by atoms with Crippen LogP contribution in [-0.4, -0.2) is 49.4 Å². The lowest BCUT2D eigenvalue weighted by molar-refractivity contribution is -0.135. The largest absolute Gasteiger partial charge is 0.483 e. The molecule has 1 heterocycles. The van der Waals surface area contributed by atoms with Crippen LogP contribution in [0.4, 0.5) is 0 Å². The Labute approximate surface area is 161 Å². The predicted molar refractivity (Wildman–Crippen MR) is 104 cm³/mol. The normalized spacial score (nSPS) is 21.7. The fraction of sp³-hybridized carbons (Fsp3) is 0.421. The lowest BCUT2D eigenvalue weighted by Crippen LogP contribution is -2.45. The number of sulfone groups is 1. The first kappa shape index (κ1) is 17.8. The van der Waals surface area contributed by atoms with Crippen LogP contribution in [0.2, 0.25) is 0 Å². The van der Waals surface area contributed by atoms with E-state index in [-0.39, 0.29) is 36.1 Å². The number of hydrogen-bond donors (Lipinski definition) is 0. The van der Waals surface area contributed by atoms with E-state index in [0.29, 0.717) is 12.2 Å². The minimum Gasteiger partial charge on any atom is -0.483 e. The predicted octanol–water partition coefficient (Wildman–Crippen LogP) is 3.16. The molecule has 0 aromatic heterocycles. The van der Waals surface area contributed by atoms with E-state index >= 15 is 0 Å². The number of rotatable bonds is 5. The topological polar surface area (TPSA) is 63.7 Å². The molecule has 26 heavy (non-hydrogen) atoms. The van der Waals surface area contributed by atoms with Gasteiger partial charge in [-0.05, 0) is 52.0 Å². The maximum absolute atomic E-state index is 12.8. The minimum atomic E-state index is -3.02. The Balaban J connectivity index is 1.48. The lowest BCUT2D eigenvalue weighted by atomic mass is 10.1. The first-order valence-corrected chi connectivity index (χ1v) is 11.4. The van der Waals surface area contributed by atoms with E-state index in [0.717, 1.165) is 28.1 Å². The van der Waals surface area contributed by atoms with E-state index in [1.54, 1.807) is 4.90 Å². The molecule has 4 rings (SSSR count). The zero-order valence-corrected chi connectivity index (χ0v) is 16.6. The summed E-state index contributed by atoms with van der Waals surface area (Å²) < 4.78 is 30.2. The average molecular weight is 438 g/mol. The Kier molecular flexibility index (Phi) is 4.69. The van der Waals surface area contributed by atoms with Crippen LogP contribution < -0.4 is 4.74 Å². The number of ether oxygens (including phenoxy) is 1. The Morgan fingerprint density at radius 2 is 1.88 bits per heavy atom. The van der Waals surface area contributed by atoms with Gasteiger partial charge in [0, 0.05) is 12.1 Å². The molecular weight excluding hydrogens is 418 g/mol. The molecule has 1 saturated carbocycles. The molecule has 7 heteroatoms. The quantitative estimate of drug-likeness (QED) is 0.720. The molecule has 0 N–H and O–H groups in total. The zero-order chi connectivity index (χ0) is 18.3. The molecule has 0 bridgehead atoms. The zero-order valence-electron chi connectivity index (χ0n) is 14.2. The summed E-state index contributed by atoms with van der Waals surface area (Å²) in [5.41, 5.74) is 0. The van der Waals surface area contributed by atoms with Gasteiger partial charge in [-0.15, -0.1) is 0 Å². The number of halogens is 1. The van der Waals surface area contributed by atoms with E-state index in [1.807, 2.05) is 36.4 Å². The third-order valence-electron chi connectivity index (χ3n) is 5.01. The van der Waals surface area contributed by atoms with Gasteiger partial charge in [0.2, 0.25) is 0 Å². The van der Waals surface area contributed by atoms with Crippen molar-refractivity contribution in [2.24, 2.45) is 0 Å². The van der Waals surface area contributed by atoms with Crippen LogP contribution in [0.15, 0.2) is 40.9 Å². The van der Waals surface area contributed by atoms with Gasteiger partial charge in [0.15, 0.2) is 16.4 Å². The monoisotopic (exact) mass is 437 g/mol. The molecule has 2 aliphatic rings. The van der Waals surface area contributed by atoms with Gasteiger partial charge in [-0.25, -0.2) is 8.42 Å². The number of fused-ring (bicyclic) bond motifs is 1. The number of nitrogens with zero attached hydrogens (tertiary/aromatic N) is 1. The van der Waals surface area contributed by atoms with Crippen molar-refractivity contribution in [3.8, 4) is 5.75 Å². The molecule has 2 aromatic rings. The van der Waals surface area contributed by atoms with Crippen LogP contribution >= 0.6 is 15.9 Å². The summed E-state index contributed by atoms with van der Waals surface area (Å²) >= 11 is 3.56. The first-order valence-electron chi connectivity index (χ1n) is 8.76. The summed E-state index contributed by atoms with van der Waals surface area (Å²) in [6.45, 7) is -0.0794. The van der Waals surface area contributed by atoms with Crippen LogP contribution in [0.5, 0.6) is 5.75 Å². The highest BCUT2D eigenvalue weighted by Gasteiger charge is 2.42. The summed E-state index contributed by atoms with van der Waals surface area (Å²) in [4.78, 5) is 14.5. The van der Waals surface area contributed by atoms with Crippen molar-refractivity contribution in [2.75, 3.05) is 18.1 Å². The van der Waals surface area contributed by atoms with E-state index in [9.17, 15) is 13.2 Å². The van der Waals surface area contributed by atoms with Crippen molar-refractivity contribution in [3.63, 3.8) is 0 Å². The maximum atomic E-state index is 12.8. The molecule has 1 atom stereocenters. The van der Waals surface area contributed by atoms with Crippen molar-refractivity contribution in [1.29, 1.82) is 0 Å². The van der Waals surface area contributed by atoms with Crippen LogP contribution in [0, 0.1) is 0 Å². The summed E-state index contributed by atoms with van der Waals surface area (Å²) in [5, 5.41) is 2.12. The standard InChI is InChI=1S/C19H20BrNO4S/c20-19-16-4-2-1-3-13(16)5-8-17(19)25-11-18(22)21(14-6-7-14)15-9-10-26(23,24)12-15/h1-5,8,14-15H,6-7,9-12H2. The van der Waals surface area contributed by atoms with Crippen LogP contribution in [0.25, 0.3) is 10.8 Å². The second kappa shape index (κ2) is 6.85. The van der Waals surface area contributed by atoms with Crippen molar-refractivity contribution in [1.82, 2.24) is 4.90 Å². The fourth-order valence-electron chi connectivity index (χ4n) is 3.59. The molecule has 1 unspecified atom stereocenters. The van der Waals surface area contributed by atoms with Crippen LogP contribution in [0.1, 0.15) is 19.3 Å². The Hall–Kier alpha value is -1.60. The molecule has 2 fully saturated rings. The highest BCUT2D eigenvalue weighted by Crippen LogP contribution is 2.34. The molecule has 0 radical (unpaired) electrons. The lowest BCUT2D eigenvalue weighted by Gasteiger charge is -2.28. The van der Waals surface area contributed by atoms with E-state index in [4.69, 9.17) is 4.74 Å². The summed E-state index contributed by atoms with van der Waals surface area (Å²) in [5.74, 6) is 0.738. The third-order valence-corrected chi connectivity index (χ3v) is 7.58. The van der Waals surface area contributed by atoms with Crippen molar-refractivity contribution >= 4 is 42.4 Å². The van der Waals surface area contributed by atoms with Crippen molar-refractivity contribution in [3.05, 3.63) is 40.9 Å². The molecule has 1 aliphatic carbocycles. The number of benzene rings is 2. The average Bonchev–Trinajstić information content (AvgIpc) is 3.38. The van der Waals surface area contributed by atoms with Gasteiger partial charge < -0.3 is 9.64 Å². The molecule has 1 saturated heterocycles. The molecule has 1 amide bonds. The van der Waals surface area contributed by atoms with Crippen LogP contribution in [-0.2, 0) is 14.6 Å². The van der Waals surface area contributed by atoms with E-state index in [1.165, 1.54) is 0 Å². The SMILES string of the molecule is O=C(COc1ccc2ccccc2c1Br)N(C1CC1)C1CCS(=O)(=O)C1. The van der Waals surface area contributed by atoms with Crippen molar-refractivity contribution in [2.45, 2.75) is 31.3 Å². The molecule has 5 nitrogen and oxygen atoms in total. The Bertz CT molecular complexity index is 955. The van der Waals surface area contributed by atoms with Gasteiger partial charge >= 0.3 is 0 Å². The van der Waals surface area contributed by atoms with E-state index in [2.05, 4.69) is 15.9 Å². The number of carbonyl (C=O) groups is 1. The van der Waals surface area contributed by atoms with Gasteiger partial charge in [-0.1, -0.05) is 30.3 Å². The van der Waals surface area contributed by atoms with Gasteiger partial charge in [-0.2, -0.15) is 0 Å². The molecule has 138 valence electrons. The fourth-order valence-corrected chi connectivity index (χ4v) is 5.91. The highest BCUT2D eigenvalue weighted by molar-refractivity contribution is 9.10. The maximum Gasteiger partial charge on any atom is 0.261 e. The van der Waals surface area contributed by atoms with Crippen molar-refractivity contribution < 1.29 is 17.9 Å². The Morgan fingerprint density at radius 1 is 1.12 bits per heavy atom. The minimum absolute atomic E-state index is 0.0783. The number of amides is 1. The third kappa shape index (κ3) is 3.60. The first-order chi connectivity index (χ1) is 12.4. The van der Waals surface area contributed by atoms with Crippen LogP contribution in [0.3, 0.4) is 0 Å². The smallest absolute Gasteiger partial charge is 0.261 e. The molecule has 0 spiro atoms. The van der Waals surface area contributed by atoms with E-state index < -0.39 is 9.84 Å². The second-order valence-electron chi connectivity index (χ2n) is 6.98. The highest BCUT2D eigenvalue weighted by atomic mass is 79.9. The van der Waals surface area contributed by atoms with Gasteiger partial charge in [0.25, 0.3) is 5.91 Å². The Morgan fingerprint density at radius 3 is 2.58 bits per heavy atom. The number of hydrogen-bond acceptors (Lipinski definition) is 4. The number of carbonyl (C=O) groups excluding carboxylic acids is 1. The summed E-state index contributed by atoms with van der Waals surface area (Å²) in [7, 11) is -3.02. The molecular formula is C19H20BrNO4S. The summed E-state index contributed by atoms with van der Waals surface area (Å²) in [6, 6.07) is 11.7. The summed E-state index contributed by atoms with van der Waals surface area (Å²) in [6.07, 6.45) is 2.42. The van der Waals surface area contributed by atoms with Gasteiger partial charge in [-0.3, -0.25) is 4.79 Å². The van der Waals surface area contributed by atoms with Gasteiger partial charge in [0.05, 0.1) is 16.0 Å². The molecule has 1 aliphatic heterocycles. The molecule has 2 aromatic carbocycles.